The molecule has 1 aromatic carbocycles. The number of rotatable bonds is 3. The van der Waals surface area contributed by atoms with Gasteiger partial charge in [0.1, 0.15) is 11.5 Å². The summed E-state index contributed by atoms with van der Waals surface area (Å²) in [6.07, 6.45) is 3.97. The lowest BCUT2D eigenvalue weighted by molar-refractivity contribution is 0.419. The van der Waals surface area contributed by atoms with Gasteiger partial charge >= 0.3 is 0 Å². The van der Waals surface area contributed by atoms with E-state index in [1.54, 1.807) is 0 Å². The van der Waals surface area contributed by atoms with Crippen LogP contribution in [-0.2, 0) is 6.54 Å². The molecule has 1 saturated carbocycles. The minimum atomic E-state index is 0.464. The molecule has 0 unspecified atom stereocenters. The maximum Gasteiger partial charge on any atom is 0.134 e. The van der Waals surface area contributed by atoms with Crippen LogP contribution in [0.3, 0.4) is 0 Å². The summed E-state index contributed by atoms with van der Waals surface area (Å²) in [5, 5.41) is 0. The summed E-state index contributed by atoms with van der Waals surface area (Å²) in [6, 6.07) is 12.6. The summed E-state index contributed by atoms with van der Waals surface area (Å²) < 4.78 is 5.75. The van der Waals surface area contributed by atoms with E-state index < -0.39 is 0 Å². The van der Waals surface area contributed by atoms with Gasteiger partial charge in [-0.3, -0.25) is 0 Å². The zero-order valence-corrected chi connectivity index (χ0v) is 9.86. The Morgan fingerprint density at radius 3 is 2.59 bits per heavy atom. The van der Waals surface area contributed by atoms with E-state index in [0.29, 0.717) is 6.54 Å². The Labute approximate surface area is 101 Å². The quantitative estimate of drug-likeness (QED) is 0.868. The van der Waals surface area contributed by atoms with Crippen molar-refractivity contribution in [3.8, 4) is 11.3 Å². The van der Waals surface area contributed by atoms with Crippen molar-refractivity contribution in [1.82, 2.24) is 0 Å². The molecule has 17 heavy (non-hydrogen) atoms. The van der Waals surface area contributed by atoms with Crippen LogP contribution < -0.4 is 5.73 Å². The molecule has 0 bridgehead atoms. The van der Waals surface area contributed by atoms with Crippen molar-refractivity contribution in [3.05, 3.63) is 47.7 Å². The van der Waals surface area contributed by atoms with Crippen LogP contribution in [0.4, 0.5) is 0 Å². The average molecular weight is 227 g/mol. The Hall–Kier alpha value is -1.54. The van der Waals surface area contributed by atoms with E-state index in [4.69, 9.17) is 10.2 Å². The molecule has 88 valence electrons. The molecule has 2 nitrogen and oxygen atoms in total. The number of furan rings is 1. The van der Waals surface area contributed by atoms with Crippen LogP contribution in [0.1, 0.15) is 36.5 Å². The highest BCUT2D eigenvalue weighted by Gasteiger charge is 2.23. The number of hydrogen-bond donors (Lipinski definition) is 1. The maximum absolute atomic E-state index is 5.75. The highest BCUT2D eigenvalue weighted by molar-refractivity contribution is 5.63. The van der Waals surface area contributed by atoms with Gasteiger partial charge in [0.2, 0.25) is 0 Å². The van der Waals surface area contributed by atoms with Crippen LogP contribution in [0.25, 0.3) is 11.3 Å². The molecule has 0 amide bonds. The third-order valence-electron chi connectivity index (χ3n) is 3.63. The van der Waals surface area contributed by atoms with Gasteiger partial charge in [-0.1, -0.05) is 30.7 Å². The second-order valence-corrected chi connectivity index (χ2v) is 4.69. The van der Waals surface area contributed by atoms with Crippen LogP contribution >= 0.6 is 0 Å². The van der Waals surface area contributed by atoms with Gasteiger partial charge in [-0.05, 0) is 36.5 Å². The minimum absolute atomic E-state index is 0.464. The van der Waals surface area contributed by atoms with E-state index in [1.165, 1.54) is 30.4 Å². The topological polar surface area (TPSA) is 39.2 Å². The zero-order valence-electron chi connectivity index (χ0n) is 9.86. The molecule has 0 atom stereocenters. The molecule has 0 aliphatic heterocycles. The lowest BCUT2D eigenvalue weighted by atomic mass is 9.78. The van der Waals surface area contributed by atoms with E-state index in [2.05, 4.69) is 24.3 Å². The molecule has 1 aromatic heterocycles. The smallest absolute Gasteiger partial charge is 0.134 e. The molecular weight excluding hydrogens is 210 g/mol. The monoisotopic (exact) mass is 227 g/mol. The number of hydrogen-bond acceptors (Lipinski definition) is 2. The third kappa shape index (κ3) is 1.89. The largest absolute Gasteiger partial charge is 0.460 e. The number of benzene rings is 1. The molecule has 2 heteroatoms. The zero-order chi connectivity index (χ0) is 11.7. The summed E-state index contributed by atoms with van der Waals surface area (Å²) in [6.45, 7) is 0.464. The molecule has 1 aliphatic carbocycles. The van der Waals surface area contributed by atoms with Crippen molar-refractivity contribution < 1.29 is 4.42 Å². The van der Waals surface area contributed by atoms with E-state index in [9.17, 15) is 0 Å². The fourth-order valence-corrected chi connectivity index (χ4v) is 2.43. The van der Waals surface area contributed by atoms with Crippen molar-refractivity contribution in [2.24, 2.45) is 5.73 Å². The molecule has 1 fully saturated rings. The summed E-state index contributed by atoms with van der Waals surface area (Å²) in [5.74, 6) is 2.52. The predicted molar refractivity (Wildman–Crippen MR) is 68.6 cm³/mol. The first-order chi connectivity index (χ1) is 8.38. The van der Waals surface area contributed by atoms with Crippen molar-refractivity contribution in [2.75, 3.05) is 0 Å². The summed E-state index contributed by atoms with van der Waals surface area (Å²) in [5.41, 5.74) is 8.24. The van der Waals surface area contributed by atoms with Gasteiger partial charge < -0.3 is 10.2 Å². The Morgan fingerprint density at radius 2 is 1.94 bits per heavy atom. The molecule has 3 rings (SSSR count). The Kier molecular flexibility index (Phi) is 2.73. The van der Waals surface area contributed by atoms with E-state index in [0.717, 1.165) is 17.4 Å². The minimum Gasteiger partial charge on any atom is -0.460 e. The lowest BCUT2D eigenvalue weighted by Crippen LogP contribution is -2.09. The Bertz CT molecular complexity index is 511. The normalized spacial score (nSPS) is 15.8. The van der Waals surface area contributed by atoms with Crippen LogP contribution in [0.5, 0.6) is 0 Å². The first kappa shape index (κ1) is 10.6. The second kappa shape index (κ2) is 4.38. The standard InChI is InChI=1S/C15H17NO/c16-10-12-8-9-15(17-12)14-7-2-1-6-13(14)11-4-3-5-11/h1-2,6-9,11H,3-5,10,16H2. The summed E-state index contributed by atoms with van der Waals surface area (Å²) in [7, 11) is 0. The Balaban J connectivity index is 2.01. The fourth-order valence-electron chi connectivity index (χ4n) is 2.43. The molecule has 1 aliphatic rings. The van der Waals surface area contributed by atoms with Gasteiger partial charge in [0.05, 0.1) is 6.54 Å². The molecule has 1 heterocycles. The van der Waals surface area contributed by atoms with Crippen LogP contribution in [0.2, 0.25) is 0 Å². The van der Waals surface area contributed by atoms with Gasteiger partial charge in [0, 0.05) is 5.56 Å². The Morgan fingerprint density at radius 1 is 1.12 bits per heavy atom. The molecule has 0 radical (unpaired) electrons. The molecule has 2 aromatic rings. The van der Waals surface area contributed by atoms with Crippen LogP contribution in [0, 0.1) is 0 Å². The first-order valence-electron chi connectivity index (χ1n) is 6.26. The van der Waals surface area contributed by atoms with E-state index >= 15 is 0 Å². The van der Waals surface area contributed by atoms with Crippen LogP contribution in [0.15, 0.2) is 40.8 Å². The fraction of sp³-hybridized carbons (Fsp3) is 0.333. The summed E-state index contributed by atoms with van der Waals surface area (Å²) in [4.78, 5) is 0. The average Bonchev–Trinajstić information content (AvgIpc) is 2.76. The first-order valence-corrected chi connectivity index (χ1v) is 6.26. The molecular formula is C15H17NO. The SMILES string of the molecule is NCc1ccc(-c2ccccc2C2CCC2)o1. The van der Waals surface area contributed by atoms with E-state index in [-0.39, 0.29) is 0 Å². The third-order valence-corrected chi connectivity index (χ3v) is 3.63. The second-order valence-electron chi connectivity index (χ2n) is 4.69. The highest BCUT2D eigenvalue weighted by Crippen LogP contribution is 2.41. The summed E-state index contributed by atoms with van der Waals surface area (Å²) >= 11 is 0. The predicted octanol–water partition coefficient (Wildman–Crippen LogP) is 3.67. The van der Waals surface area contributed by atoms with Gasteiger partial charge in [-0.25, -0.2) is 0 Å². The van der Waals surface area contributed by atoms with Crippen LogP contribution in [-0.4, -0.2) is 0 Å². The van der Waals surface area contributed by atoms with E-state index in [1.807, 2.05) is 12.1 Å². The highest BCUT2D eigenvalue weighted by atomic mass is 16.3. The van der Waals surface area contributed by atoms with Crippen molar-refractivity contribution in [3.63, 3.8) is 0 Å². The molecule has 0 saturated heterocycles. The molecule has 2 N–H and O–H groups in total. The van der Waals surface area contributed by atoms with Crippen molar-refractivity contribution in [2.45, 2.75) is 31.7 Å². The van der Waals surface area contributed by atoms with Crippen molar-refractivity contribution >= 4 is 0 Å². The van der Waals surface area contributed by atoms with Gasteiger partial charge in [0.15, 0.2) is 0 Å². The molecule has 0 spiro atoms. The maximum atomic E-state index is 5.75. The van der Waals surface area contributed by atoms with Crippen molar-refractivity contribution in [1.29, 1.82) is 0 Å². The van der Waals surface area contributed by atoms with Gasteiger partial charge in [-0.2, -0.15) is 0 Å². The lowest BCUT2D eigenvalue weighted by Gasteiger charge is -2.27. The number of nitrogens with two attached hydrogens (primary N) is 1. The van der Waals surface area contributed by atoms with Gasteiger partial charge in [-0.15, -0.1) is 0 Å². The van der Waals surface area contributed by atoms with Gasteiger partial charge in [0.25, 0.3) is 0 Å².